The van der Waals surface area contributed by atoms with E-state index in [9.17, 15) is 0 Å². The predicted molar refractivity (Wildman–Crippen MR) is 57.2 cm³/mol. The number of rotatable bonds is 6. The largest absolute Gasteiger partial charge is 0.103 e. The molecule has 0 aromatic rings. The molecule has 68 valence electrons. The zero-order chi connectivity index (χ0) is 9.23. The van der Waals surface area contributed by atoms with E-state index in [1.165, 1.54) is 24.8 Å². The Morgan fingerprint density at radius 1 is 1.42 bits per heavy atom. The Morgan fingerprint density at radius 3 is 2.75 bits per heavy atom. The molecule has 0 saturated carbocycles. The van der Waals surface area contributed by atoms with Crippen LogP contribution in [-0.4, -0.2) is 0 Å². The summed E-state index contributed by atoms with van der Waals surface area (Å²) in [4.78, 5) is 0. The third kappa shape index (κ3) is 7.33. The molecule has 0 amide bonds. The van der Waals surface area contributed by atoms with Gasteiger partial charge in [0.25, 0.3) is 0 Å². The molecule has 0 aromatic carbocycles. The van der Waals surface area contributed by atoms with Crippen molar-refractivity contribution in [2.24, 2.45) is 0 Å². The minimum atomic E-state index is 0.976. The van der Waals surface area contributed by atoms with Crippen LogP contribution in [0, 0.1) is 0 Å². The zero-order valence-electron chi connectivity index (χ0n) is 8.34. The van der Waals surface area contributed by atoms with Crippen LogP contribution in [-0.2, 0) is 0 Å². The Labute approximate surface area is 76.7 Å². The highest BCUT2D eigenvalue weighted by molar-refractivity contribution is 5.16. The molecule has 0 radical (unpaired) electrons. The van der Waals surface area contributed by atoms with Gasteiger partial charge < -0.3 is 0 Å². The lowest BCUT2D eigenvalue weighted by Gasteiger charge is -1.91. The second-order valence-corrected chi connectivity index (χ2v) is 3.02. The van der Waals surface area contributed by atoms with Gasteiger partial charge in [0, 0.05) is 0 Å². The first-order valence-corrected chi connectivity index (χ1v) is 4.75. The lowest BCUT2D eigenvalue weighted by atomic mass is 10.2. The van der Waals surface area contributed by atoms with Gasteiger partial charge in [-0.2, -0.15) is 0 Å². The molecule has 0 spiro atoms. The normalized spacial score (nSPS) is 12.3. The van der Waals surface area contributed by atoms with Crippen molar-refractivity contribution in [2.75, 3.05) is 0 Å². The fourth-order valence-corrected chi connectivity index (χ4v) is 0.928. The lowest BCUT2D eigenvalue weighted by Crippen LogP contribution is -1.70. The Balaban J connectivity index is 3.58. The molecule has 0 rings (SSSR count). The third-order valence-electron chi connectivity index (χ3n) is 1.71. The van der Waals surface area contributed by atoms with Crippen LogP contribution in [0.3, 0.4) is 0 Å². The van der Waals surface area contributed by atoms with Crippen LogP contribution in [0.5, 0.6) is 0 Å². The molecule has 0 aliphatic heterocycles. The van der Waals surface area contributed by atoms with Crippen LogP contribution >= 0.6 is 0 Å². The van der Waals surface area contributed by atoms with E-state index in [1.54, 1.807) is 0 Å². The molecule has 0 atom stereocenters. The Hall–Kier alpha value is -0.780. The first-order valence-electron chi connectivity index (χ1n) is 4.75. The summed E-state index contributed by atoms with van der Waals surface area (Å²) in [6.45, 7) is 8.02. The highest BCUT2D eigenvalue weighted by atomic mass is 13.9. The van der Waals surface area contributed by atoms with Crippen LogP contribution in [0.1, 0.15) is 39.5 Å². The van der Waals surface area contributed by atoms with Crippen molar-refractivity contribution in [3.8, 4) is 0 Å². The van der Waals surface area contributed by atoms with Crippen molar-refractivity contribution in [2.45, 2.75) is 39.5 Å². The fourth-order valence-electron chi connectivity index (χ4n) is 0.928. The van der Waals surface area contributed by atoms with Gasteiger partial charge in [0.2, 0.25) is 0 Å². The number of hydrogen-bond donors (Lipinski definition) is 0. The molecule has 0 nitrogen and oxygen atoms in total. The topological polar surface area (TPSA) is 0 Å². The average Bonchev–Trinajstić information content (AvgIpc) is 2.09. The molecule has 0 saturated heterocycles. The van der Waals surface area contributed by atoms with Gasteiger partial charge in [0.1, 0.15) is 0 Å². The molecule has 0 aliphatic carbocycles. The summed E-state index contributed by atoms with van der Waals surface area (Å²) in [6, 6.07) is 0. The number of unbranched alkanes of at least 4 members (excludes halogenated alkanes) is 2. The fraction of sp³-hybridized carbons (Fsp3) is 0.500. The second kappa shape index (κ2) is 8.32. The first kappa shape index (κ1) is 11.2. The van der Waals surface area contributed by atoms with Gasteiger partial charge in [-0.15, -0.1) is 6.58 Å². The Kier molecular flexibility index (Phi) is 7.78. The van der Waals surface area contributed by atoms with Gasteiger partial charge in [0.05, 0.1) is 0 Å². The Morgan fingerprint density at radius 2 is 2.17 bits per heavy atom. The minimum absolute atomic E-state index is 0.976. The summed E-state index contributed by atoms with van der Waals surface area (Å²) in [7, 11) is 0. The predicted octanol–water partition coefficient (Wildman–Crippen LogP) is 4.26. The molecule has 12 heavy (non-hydrogen) atoms. The molecule has 0 aromatic heterocycles. The van der Waals surface area contributed by atoms with E-state index >= 15 is 0 Å². The molecule has 0 aliphatic rings. The standard InChI is InChI=1S/C12H20/c1-4-6-8-9-11-12(3)10-7-5-2/h5,9-11H,2,4,6-8H2,1,3H3/b11-9-,12-10-. The summed E-state index contributed by atoms with van der Waals surface area (Å²) < 4.78 is 0. The van der Waals surface area contributed by atoms with Gasteiger partial charge >= 0.3 is 0 Å². The molecule has 0 fully saturated rings. The van der Waals surface area contributed by atoms with Crippen molar-refractivity contribution >= 4 is 0 Å². The van der Waals surface area contributed by atoms with E-state index in [-0.39, 0.29) is 0 Å². The average molecular weight is 164 g/mol. The lowest BCUT2D eigenvalue weighted by molar-refractivity contribution is 0.814. The van der Waals surface area contributed by atoms with Crippen LogP contribution in [0.15, 0.2) is 36.5 Å². The van der Waals surface area contributed by atoms with Crippen molar-refractivity contribution in [1.82, 2.24) is 0 Å². The first-order chi connectivity index (χ1) is 5.81. The zero-order valence-corrected chi connectivity index (χ0v) is 8.34. The molecule has 0 heteroatoms. The van der Waals surface area contributed by atoms with E-state index in [0.717, 1.165) is 6.42 Å². The molecule has 0 heterocycles. The number of allylic oxidation sites excluding steroid dienone is 5. The maximum Gasteiger partial charge on any atom is -0.0166 e. The summed E-state index contributed by atoms with van der Waals surface area (Å²) in [6.07, 6.45) is 13.3. The smallest absolute Gasteiger partial charge is 0.0166 e. The SMILES string of the molecule is C=CC/C=C(C)\C=C/CCCC. The third-order valence-corrected chi connectivity index (χ3v) is 1.71. The minimum Gasteiger partial charge on any atom is -0.103 e. The van der Waals surface area contributed by atoms with Crippen LogP contribution in [0.2, 0.25) is 0 Å². The molecular weight excluding hydrogens is 144 g/mol. The van der Waals surface area contributed by atoms with Crippen LogP contribution in [0.4, 0.5) is 0 Å². The van der Waals surface area contributed by atoms with Gasteiger partial charge in [-0.25, -0.2) is 0 Å². The summed E-state index contributed by atoms with van der Waals surface area (Å²) in [5.74, 6) is 0. The van der Waals surface area contributed by atoms with E-state index < -0.39 is 0 Å². The molecular formula is C12H20. The van der Waals surface area contributed by atoms with Crippen molar-refractivity contribution in [3.63, 3.8) is 0 Å². The van der Waals surface area contributed by atoms with E-state index in [0.29, 0.717) is 0 Å². The monoisotopic (exact) mass is 164 g/mol. The molecule has 0 bridgehead atoms. The van der Waals surface area contributed by atoms with Gasteiger partial charge in [0.15, 0.2) is 0 Å². The highest BCUT2D eigenvalue weighted by Crippen LogP contribution is 2.01. The van der Waals surface area contributed by atoms with Gasteiger partial charge in [-0.05, 0) is 19.8 Å². The Bertz CT molecular complexity index is 161. The van der Waals surface area contributed by atoms with Gasteiger partial charge in [-0.1, -0.05) is 49.6 Å². The summed E-state index contributed by atoms with van der Waals surface area (Å²) >= 11 is 0. The van der Waals surface area contributed by atoms with Crippen molar-refractivity contribution in [1.29, 1.82) is 0 Å². The maximum absolute atomic E-state index is 3.67. The second-order valence-electron chi connectivity index (χ2n) is 3.02. The van der Waals surface area contributed by atoms with E-state index in [4.69, 9.17) is 0 Å². The van der Waals surface area contributed by atoms with Gasteiger partial charge in [-0.3, -0.25) is 0 Å². The van der Waals surface area contributed by atoms with Crippen LogP contribution < -0.4 is 0 Å². The quantitative estimate of drug-likeness (QED) is 0.313. The summed E-state index contributed by atoms with van der Waals surface area (Å²) in [5.41, 5.74) is 1.34. The van der Waals surface area contributed by atoms with E-state index in [1.807, 2.05) is 6.08 Å². The summed E-state index contributed by atoms with van der Waals surface area (Å²) in [5, 5.41) is 0. The van der Waals surface area contributed by atoms with Crippen molar-refractivity contribution < 1.29 is 0 Å². The van der Waals surface area contributed by atoms with Crippen LogP contribution in [0.25, 0.3) is 0 Å². The number of hydrogen-bond acceptors (Lipinski definition) is 0. The molecule has 0 N–H and O–H groups in total. The highest BCUT2D eigenvalue weighted by Gasteiger charge is 1.80. The maximum atomic E-state index is 3.67. The molecule has 0 unspecified atom stereocenters. The van der Waals surface area contributed by atoms with E-state index in [2.05, 4.69) is 38.7 Å². The van der Waals surface area contributed by atoms with Crippen molar-refractivity contribution in [3.05, 3.63) is 36.5 Å².